The van der Waals surface area contributed by atoms with E-state index >= 15 is 0 Å². The van der Waals surface area contributed by atoms with Crippen LogP contribution in [0.25, 0.3) is 0 Å². The van der Waals surface area contributed by atoms with Gasteiger partial charge in [0.1, 0.15) is 0 Å². The number of ether oxygens (including phenoxy) is 2. The molecule has 0 amide bonds. The molecule has 0 radical (unpaired) electrons. The minimum Gasteiger partial charge on any atom is -0.490 e. The van der Waals surface area contributed by atoms with Gasteiger partial charge in [0.2, 0.25) is 0 Å². The first-order valence-corrected chi connectivity index (χ1v) is 8.21. The summed E-state index contributed by atoms with van der Waals surface area (Å²) in [6.07, 6.45) is 1.72. The summed E-state index contributed by atoms with van der Waals surface area (Å²) >= 11 is 6.10. The normalized spacial score (nSPS) is 10.4. The van der Waals surface area contributed by atoms with Crippen molar-refractivity contribution in [2.24, 2.45) is 0 Å². The summed E-state index contributed by atoms with van der Waals surface area (Å²) in [5, 5.41) is 0.669. The Labute approximate surface area is 142 Å². The van der Waals surface area contributed by atoms with Crippen molar-refractivity contribution in [1.29, 1.82) is 0 Å². The second-order valence-electron chi connectivity index (χ2n) is 5.13. The minimum absolute atomic E-state index is 0.269. The highest BCUT2D eigenvalue weighted by Gasteiger charge is 2.12. The average Bonchev–Trinajstić information content (AvgIpc) is 2.56. The van der Waals surface area contributed by atoms with Crippen LogP contribution < -0.4 is 9.47 Å². The summed E-state index contributed by atoms with van der Waals surface area (Å²) in [6.45, 7) is 4.50. The van der Waals surface area contributed by atoms with E-state index in [1.54, 1.807) is 6.07 Å². The molecule has 2 aromatic rings. The van der Waals surface area contributed by atoms with Crippen LogP contribution in [-0.2, 0) is 17.6 Å². The Bertz CT molecular complexity index is 667. The van der Waals surface area contributed by atoms with Gasteiger partial charge in [0.15, 0.2) is 11.5 Å². The molecule has 23 heavy (non-hydrogen) atoms. The molecular formula is C19H21ClO3. The fourth-order valence-corrected chi connectivity index (χ4v) is 2.47. The van der Waals surface area contributed by atoms with E-state index in [9.17, 15) is 4.79 Å². The van der Waals surface area contributed by atoms with Gasteiger partial charge in [0.05, 0.1) is 13.0 Å². The third-order valence-electron chi connectivity index (χ3n) is 3.50. The number of carbonyl (C=O) groups excluding carboxylic acids is 1. The van der Waals surface area contributed by atoms with Crippen LogP contribution in [0, 0.1) is 0 Å². The van der Waals surface area contributed by atoms with Crippen LogP contribution in [0.1, 0.15) is 31.4 Å². The molecule has 0 unspecified atom stereocenters. The van der Waals surface area contributed by atoms with Crippen molar-refractivity contribution in [2.75, 3.05) is 6.61 Å². The first kappa shape index (κ1) is 17.4. The van der Waals surface area contributed by atoms with E-state index in [0.717, 1.165) is 17.5 Å². The fraction of sp³-hybridized carbons (Fsp3) is 0.316. The van der Waals surface area contributed by atoms with Gasteiger partial charge in [-0.05, 0) is 49.1 Å². The van der Waals surface area contributed by atoms with E-state index in [1.807, 2.05) is 43.3 Å². The molecule has 0 aliphatic heterocycles. The van der Waals surface area contributed by atoms with E-state index in [1.165, 1.54) is 0 Å². The van der Waals surface area contributed by atoms with Gasteiger partial charge in [0, 0.05) is 5.02 Å². The third-order valence-corrected chi connectivity index (χ3v) is 3.87. The first-order valence-electron chi connectivity index (χ1n) is 7.83. The predicted molar refractivity (Wildman–Crippen MR) is 92.4 cm³/mol. The van der Waals surface area contributed by atoms with Crippen LogP contribution in [0.4, 0.5) is 0 Å². The second-order valence-corrected chi connectivity index (χ2v) is 5.54. The number of hydrogen-bond acceptors (Lipinski definition) is 3. The number of halogens is 1. The number of benzene rings is 2. The highest BCUT2D eigenvalue weighted by atomic mass is 35.5. The van der Waals surface area contributed by atoms with Crippen LogP contribution in [0.5, 0.6) is 11.5 Å². The Morgan fingerprint density at radius 2 is 1.87 bits per heavy atom. The van der Waals surface area contributed by atoms with Crippen molar-refractivity contribution >= 4 is 17.6 Å². The highest BCUT2D eigenvalue weighted by Crippen LogP contribution is 2.29. The molecular weight excluding hydrogens is 312 g/mol. The monoisotopic (exact) mass is 332 g/mol. The number of esters is 1. The summed E-state index contributed by atoms with van der Waals surface area (Å²) < 4.78 is 11.0. The highest BCUT2D eigenvalue weighted by molar-refractivity contribution is 6.31. The van der Waals surface area contributed by atoms with Crippen molar-refractivity contribution in [3.8, 4) is 11.5 Å². The molecule has 0 saturated carbocycles. The molecule has 0 spiro atoms. The molecule has 3 nitrogen and oxygen atoms in total. The minimum atomic E-state index is -0.296. The predicted octanol–water partition coefficient (Wildman–Crippen LogP) is 4.84. The van der Waals surface area contributed by atoms with Gasteiger partial charge in [-0.3, -0.25) is 4.79 Å². The smallest absolute Gasteiger partial charge is 0.311 e. The summed E-state index contributed by atoms with van der Waals surface area (Å²) in [7, 11) is 0. The Balaban J connectivity index is 2.01. The molecule has 0 aliphatic rings. The van der Waals surface area contributed by atoms with Crippen LogP contribution in [0.2, 0.25) is 5.02 Å². The number of aryl methyl sites for hydroxylation is 2. The van der Waals surface area contributed by atoms with Crippen molar-refractivity contribution in [1.82, 2.24) is 0 Å². The van der Waals surface area contributed by atoms with E-state index in [2.05, 4.69) is 6.92 Å². The van der Waals surface area contributed by atoms with Gasteiger partial charge in [0.25, 0.3) is 0 Å². The lowest BCUT2D eigenvalue weighted by molar-refractivity contribution is -0.134. The van der Waals surface area contributed by atoms with Gasteiger partial charge >= 0.3 is 5.97 Å². The maximum atomic E-state index is 12.1. The topological polar surface area (TPSA) is 35.5 Å². The molecule has 0 bridgehead atoms. The zero-order valence-electron chi connectivity index (χ0n) is 13.5. The van der Waals surface area contributed by atoms with Crippen LogP contribution in [0.3, 0.4) is 0 Å². The molecule has 0 saturated heterocycles. The van der Waals surface area contributed by atoms with E-state index in [4.69, 9.17) is 21.1 Å². The van der Waals surface area contributed by atoms with Gasteiger partial charge in [-0.15, -0.1) is 0 Å². The van der Waals surface area contributed by atoms with Crippen LogP contribution in [0.15, 0.2) is 42.5 Å². The van der Waals surface area contributed by atoms with E-state index < -0.39 is 0 Å². The molecule has 0 fully saturated rings. The van der Waals surface area contributed by atoms with Gasteiger partial charge in [-0.2, -0.15) is 0 Å². The van der Waals surface area contributed by atoms with E-state index in [-0.39, 0.29) is 12.4 Å². The standard InChI is InChI=1S/C19H21ClO3/c1-3-14-9-11-17(18(13-14)22-4-2)23-19(21)12-10-15-7-5-6-8-16(15)20/h5-9,11,13H,3-4,10,12H2,1-2H3. The summed E-state index contributed by atoms with van der Waals surface area (Å²) in [6, 6.07) is 13.2. The molecule has 4 heteroatoms. The maximum Gasteiger partial charge on any atom is 0.311 e. The number of rotatable bonds is 7. The number of carbonyl (C=O) groups is 1. The summed E-state index contributed by atoms with van der Waals surface area (Å²) in [5.74, 6) is 0.779. The van der Waals surface area contributed by atoms with E-state index in [0.29, 0.717) is 29.5 Å². The molecule has 0 aliphatic carbocycles. The average molecular weight is 333 g/mol. The Kier molecular flexibility index (Phi) is 6.48. The summed E-state index contributed by atoms with van der Waals surface area (Å²) in [5.41, 5.74) is 2.08. The maximum absolute atomic E-state index is 12.1. The molecule has 0 aromatic heterocycles. The molecule has 122 valence electrons. The quantitative estimate of drug-likeness (QED) is 0.537. The molecule has 0 atom stereocenters. The Morgan fingerprint density at radius 1 is 1.09 bits per heavy atom. The van der Waals surface area contributed by atoms with Gasteiger partial charge in [-0.25, -0.2) is 0 Å². The van der Waals surface area contributed by atoms with Crippen molar-refractivity contribution in [2.45, 2.75) is 33.1 Å². The Hall–Kier alpha value is -2.00. The lowest BCUT2D eigenvalue weighted by atomic mass is 10.1. The van der Waals surface area contributed by atoms with Crippen LogP contribution in [-0.4, -0.2) is 12.6 Å². The third kappa shape index (κ3) is 5.00. The van der Waals surface area contributed by atoms with Crippen molar-refractivity contribution in [3.63, 3.8) is 0 Å². The molecule has 2 aromatic carbocycles. The van der Waals surface area contributed by atoms with Crippen molar-refractivity contribution < 1.29 is 14.3 Å². The molecule has 2 rings (SSSR count). The zero-order valence-corrected chi connectivity index (χ0v) is 14.2. The fourth-order valence-electron chi connectivity index (χ4n) is 2.24. The first-order chi connectivity index (χ1) is 11.1. The van der Waals surface area contributed by atoms with Gasteiger partial charge < -0.3 is 9.47 Å². The zero-order chi connectivity index (χ0) is 16.7. The molecule has 0 N–H and O–H groups in total. The lowest BCUT2D eigenvalue weighted by Crippen LogP contribution is -2.10. The van der Waals surface area contributed by atoms with Crippen molar-refractivity contribution in [3.05, 3.63) is 58.6 Å². The molecule has 0 heterocycles. The van der Waals surface area contributed by atoms with Crippen LogP contribution >= 0.6 is 11.6 Å². The van der Waals surface area contributed by atoms with Gasteiger partial charge in [-0.1, -0.05) is 42.8 Å². The lowest BCUT2D eigenvalue weighted by Gasteiger charge is -2.12. The Morgan fingerprint density at radius 3 is 2.57 bits per heavy atom. The summed E-state index contributed by atoms with van der Waals surface area (Å²) in [4.78, 5) is 12.1. The SMILES string of the molecule is CCOc1cc(CC)ccc1OC(=O)CCc1ccccc1Cl. The largest absolute Gasteiger partial charge is 0.490 e. The number of hydrogen-bond donors (Lipinski definition) is 0. The second kappa shape index (κ2) is 8.59.